The van der Waals surface area contributed by atoms with Crippen LogP contribution in [0, 0.1) is 19.8 Å². The molecule has 0 heterocycles. The monoisotopic (exact) mass is 250 g/mol. The highest BCUT2D eigenvalue weighted by Gasteiger charge is 2.13. The van der Waals surface area contributed by atoms with Gasteiger partial charge in [0.1, 0.15) is 0 Å². The summed E-state index contributed by atoms with van der Waals surface area (Å²) in [6, 6.07) is 5.94. The highest BCUT2D eigenvalue weighted by atomic mass is 16.1. The number of benzene rings is 1. The van der Waals surface area contributed by atoms with Gasteiger partial charge in [0.2, 0.25) is 0 Å². The minimum Gasteiger partial charge on any atom is -0.294 e. The van der Waals surface area contributed by atoms with E-state index in [0.717, 1.165) is 12.0 Å². The molecule has 0 bridgehead atoms. The number of hydrogen-bond acceptors (Lipinski definition) is 1. The van der Waals surface area contributed by atoms with Crippen LogP contribution in [0.25, 0.3) is 0 Å². The lowest BCUT2D eigenvalue weighted by Crippen LogP contribution is -2.10. The lowest BCUT2D eigenvalue weighted by Gasteiger charge is -2.08. The van der Waals surface area contributed by atoms with Crippen LogP contribution in [-0.2, 0) is 0 Å². The Morgan fingerprint density at radius 2 is 1.56 bits per heavy atom. The van der Waals surface area contributed by atoms with Gasteiger partial charge >= 0.3 is 0 Å². The number of carbonyl (C=O) groups is 1. The maximum Gasteiger partial charge on any atom is 0.165 e. The van der Waals surface area contributed by atoms with Gasteiger partial charge in [-0.25, -0.2) is 0 Å². The Bertz CT molecular complexity index is 339. The number of aryl methyl sites for hydroxylation is 2. The van der Waals surface area contributed by atoms with Gasteiger partial charge in [-0.2, -0.15) is 0 Å². The number of carbonyl (C=O) groups excluding carboxylic acids is 1. The van der Waals surface area contributed by atoms with Gasteiger partial charge in [0.25, 0.3) is 0 Å². The minimum absolute atomic E-state index is 0.136. The van der Waals surface area contributed by atoms with Gasteiger partial charge in [-0.1, -0.05) is 53.7 Å². The molecule has 0 aromatic heterocycles. The minimum atomic E-state index is 0.136. The maximum atomic E-state index is 11.8. The van der Waals surface area contributed by atoms with E-state index in [2.05, 4.69) is 6.92 Å². The van der Waals surface area contributed by atoms with Gasteiger partial charge in [-0.3, -0.25) is 4.79 Å². The molecule has 1 heteroatoms. The first-order chi connectivity index (χ1) is 8.56. The Labute approximate surface area is 114 Å². The van der Waals surface area contributed by atoms with Gasteiger partial charge in [0, 0.05) is 11.5 Å². The van der Waals surface area contributed by atoms with Gasteiger partial charge in [0.15, 0.2) is 5.78 Å². The zero-order valence-electron chi connectivity index (χ0n) is 13.4. The first kappa shape index (κ1) is 19.2. The summed E-state index contributed by atoms with van der Waals surface area (Å²) in [6.45, 7) is 16.1. The van der Waals surface area contributed by atoms with Crippen LogP contribution in [0.3, 0.4) is 0 Å². The van der Waals surface area contributed by atoms with E-state index in [1.807, 2.05) is 66.7 Å². The summed E-state index contributed by atoms with van der Waals surface area (Å²) in [5.74, 6) is 0.396. The predicted molar refractivity (Wildman–Crippen MR) is 82.4 cm³/mol. The van der Waals surface area contributed by atoms with Gasteiger partial charge < -0.3 is 0 Å². The molecule has 1 atom stereocenters. The summed E-state index contributed by atoms with van der Waals surface area (Å²) in [5, 5.41) is 0. The van der Waals surface area contributed by atoms with Crippen molar-refractivity contribution in [3.63, 3.8) is 0 Å². The highest BCUT2D eigenvalue weighted by Crippen LogP contribution is 2.15. The third-order valence-electron chi connectivity index (χ3n) is 2.85. The first-order valence-electron chi connectivity index (χ1n) is 7.17. The van der Waals surface area contributed by atoms with E-state index in [9.17, 15) is 4.79 Å². The van der Waals surface area contributed by atoms with Gasteiger partial charge in [-0.05, 0) is 37.5 Å². The van der Waals surface area contributed by atoms with E-state index in [1.54, 1.807) is 0 Å². The third-order valence-corrected chi connectivity index (χ3v) is 2.85. The summed E-state index contributed by atoms with van der Waals surface area (Å²) < 4.78 is 0. The van der Waals surface area contributed by atoms with Crippen molar-refractivity contribution in [1.29, 1.82) is 0 Å². The zero-order chi connectivity index (χ0) is 14.7. The number of rotatable bonds is 3. The van der Waals surface area contributed by atoms with Crippen LogP contribution >= 0.6 is 0 Å². The van der Waals surface area contributed by atoms with Crippen LogP contribution in [0.5, 0.6) is 0 Å². The normalized spacial score (nSPS) is 10.4. The predicted octanol–water partition coefficient (Wildman–Crippen LogP) is 5.58. The van der Waals surface area contributed by atoms with Crippen molar-refractivity contribution in [2.24, 2.45) is 5.92 Å². The molecule has 0 spiro atoms. The Balaban J connectivity index is 0. The Hall–Kier alpha value is -1.11. The molecule has 1 unspecified atom stereocenters. The molecule has 0 aliphatic rings. The average Bonchev–Trinajstić information content (AvgIpc) is 2.44. The van der Waals surface area contributed by atoms with Crippen molar-refractivity contribution in [3.05, 3.63) is 34.9 Å². The molecule has 0 fully saturated rings. The molecule has 18 heavy (non-hydrogen) atoms. The summed E-state index contributed by atoms with van der Waals surface area (Å²) in [7, 11) is 0. The molecule has 0 saturated heterocycles. The summed E-state index contributed by atoms with van der Waals surface area (Å²) in [6.07, 6.45) is 0.908. The van der Waals surface area contributed by atoms with Crippen molar-refractivity contribution in [2.45, 2.75) is 61.8 Å². The van der Waals surface area contributed by atoms with Gasteiger partial charge in [0.05, 0.1) is 0 Å². The van der Waals surface area contributed by atoms with Crippen LogP contribution in [0.4, 0.5) is 0 Å². The topological polar surface area (TPSA) is 17.1 Å². The summed E-state index contributed by atoms with van der Waals surface area (Å²) >= 11 is 0. The second-order valence-corrected chi connectivity index (χ2v) is 3.97. The fourth-order valence-electron chi connectivity index (χ4n) is 1.36. The molecule has 0 radical (unpaired) electrons. The first-order valence-corrected chi connectivity index (χ1v) is 7.17. The largest absolute Gasteiger partial charge is 0.294 e. The number of ketones is 1. The van der Waals surface area contributed by atoms with Gasteiger partial charge in [-0.15, -0.1) is 0 Å². The third kappa shape index (κ3) is 6.00. The summed E-state index contributed by atoms with van der Waals surface area (Å²) in [4.78, 5) is 11.8. The molecular weight excluding hydrogens is 220 g/mol. The lowest BCUT2D eigenvalue weighted by atomic mass is 9.95. The van der Waals surface area contributed by atoms with E-state index in [-0.39, 0.29) is 11.7 Å². The molecule has 0 aliphatic carbocycles. The Kier molecular flexibility index (Phi) is 11.8. The molecule has 1 nitrogen and oxygen atoms in total. The highest BCUT2D eigenvalue weighted by molar-refractivity contribution is 5.97. The van der Waals surface area contributed by atoms with Crippen molar-refractivity contribution in [3.8, 4) is 0 Å². The summed E-state index contributed by atoms with van der Waals surface area (Å²) in [5.41, 5.74) is 3.28. The average molecular weight is 250 g/mol. The zero-order valence-corrected chi connectivity index (χ0v) is 13.4. The van der Waals surface area contributed by atoms with Crippen molar-refractivity contribution >= 4 is 5.78 Å². The lowest BCUT2D eigenvalue weighted by molar-refractivity contribution is 0.0927. The molecule has 0 amide bonds. The smallest absolute Gasteiger partial charge is 0.165 e. The van der Waals surface area contributed by atoms with Crippen molar-refractivity contribution in [1.82, 2.24) is 0 Å². The molecule has 1 aromatic rings. The van der Waals surface area contributed by atoms with Crippen molar-refractivity contribution < 1.29 is 4.79 Å². The van der Waals surface area contributed by atoms with Crippen LogP contribution < -0.4 is 0 Å². The molecule has 0 aliphatic heterocycles. The SMILES string of the molecule is CC.CC.CCC(C)C(=O)c1ccc(C)c(C)c1. The molecule has 0 N–H and O–H groups in total. The van der Waals surface area contributed by atoms with E-state index >= 15 is 0 Å². The van der Waals surface area contributed by atoms with Crippen LogP contribution in [0.15, 0.2) is 18.2 Å². The van der Waals surface area contributed by atoms with E-state index in [0.29, 0.717) is 0 Å². The second kappa shape index (κ2) is 11.0. The molecule has 1 aromatic carbocycles. The number of Topliss-reactive ketones (excluding diaryl/α,β-unsaturated/α-hetero) is 1. The molecule has 1 rings (SSSR count). The molecule has 104 valence electrons. The van der Waals surface area contributed by atoms with Crippen molar-refractivity contribution in [2.75, 3.05) is 0 Å². The standard InChI is InChI=1S/C13H18O.2C2H6/c1-5-9(2)13(14)12-7-6-10(3)11(4)8-12;2*1-2/h6-9H,5H2,1-4H3;2*1-2H3. The molecule has 0 saturated carbocycles. The maximum absolute atomic E-state index is 11.8. The Morgan fingerprint density at radius 3 is 1.94 bits per heavy atom. The van der Waals surface area contributed by atoms with E-state index in [1.165, 1.54) is 11.1 Å². The number of hydrogen-bond donors (Lipinski definition) is 0. The van der Waals surface area contributed by atoms with E-state index < -0.39 is 0 Å². The fourth-order valence-corrected chi connectivity index (χ4v) is 1.36. The van der Waals surface area contributed by atoms with Crippen LogP contribution in [-0.4, -0.2) is 5.78 Å². The quantitative estimate of drug-likeness (QED) is 0.639. The van der Waals surface area contributed by atoms with Crippen LogP contribution in [0.2, 0.25) is 0 Å². The Morgan fingerprint density at radius 1 is 1.06 bits per heavy atom. The molecular formula is C17H30O. The fraction of sp³-hybridized carbons (Fsp3) is 0.588. The van der Waals surface area contributed by atoms with E-state index in [4.69, 9.17) is 0 Å². The second-order valence-electron chi connectivity index (χ2n) is 3.97. The van der Waals surface area contributed by atoms with Crippen LogP contribution in [0.1, 0.15) is 69.4 Å².